The molecule has 5 rings (SSSR count). The van der Waals surface area contributed by atoms with Crippen molar-refractivity contribution in [3.05, 3.63) is 149 Å². The van der Waals surface area contributed by atoms with Crippen LogP contribution in [0, 0.1) is 11.3 Å². The van der Waals surface area contributed by atoms with Crippen LogP contribution in [0.25, 0.3) is 11.1 Å². The number of carbonyl (C=O) groups excluding carboxylic acids is 4. The molecule has 0 aliphatic heterocycles. The van der Waals surface area contributed by atoms with E-state index in [0.29, 0.717) is 29.7 Å². The highest BCUT2D eigenvalue weighted by Crippen LogP contribution is 2.31. The van der Waals surface area contributed by atoms with Gasteiger partial charge in [-0.3, -0.25) is 15.0 Å². The molecule has 4 aromatic carbocycles. The molecule has 1 heterocycles. The lowest BCUT2D eigenvalue weighted by Gasteiger charge is -2.21. The molecule has 0 radical (unpaired) electrons. The number of nitrogens with two attached hydrogens (primary N) is 1. The Balaban J connectivity index is 1.40. The van der Waals surface area contributed by atoms with E-state index in [1.54, 1.807) is 48.5 Å². The summed E-state index contributed by atoms with van der Waals surface area (Å²) in [5.74, 6) is -1.48. The molecule has 294 valence electrons. The van der Waals surface area contributed by atoms with Gasteiger partial charge in [0, 0.05) is 41.0 Å². The monoisotopic (exact) mass is 770 g/mol. The molecule has 0 fully saturated rings. The van der Waals surface area contributed by atoms with Gasteiger partial charge in [-0.1, -0.05) is 80.6 Å². The minimum absolute atomic E-state index is 0.0305. The van der Waals surface area contributed by atoms with Gasteiger partial charge < -0.3 is 35.9 Å². The first-order valence-electron chi connectivity index (χ1n) is 18.4. The van der Waals surface area contributed by atoms with Gasteiger partial charge >= 0.3 is 12.1 Å². The smallest absolute Gasteiger partial charge is 0.407 e. The van der Waals surface area contributed by atoms with Crippen molar-refractivity contribution in [2.75, 3.05) is 19.0 Å². The first-order chi connectivity index (χ1) is 27.5. The number of nitrogen functional groups attached to an aromatic ring is 1. The van der Waals surface area contributed by atoms with E-state index >= 15 is 0 Å². The number of benzene rings is 4. The minimum Gasteiger partial charge on any atom is -0.481 e. The van der Waals surface area contributed by atoms with Crippen molar-refractivity contribution in [1.29, 1.82) is 5.41 Å². The number of nitrogens with one attached hydrogen (secondary N) is 4. The lowest BCUT2D eigenvalue weighted by Crippen LogP contribution is -2.39. The predicted octanol–water partition coefficient (Wildman–Crippen LogP) is 7.11. The van der Waals surface area contributed by atoms with E-state index in [1.165, 1.54) is 13.2 Å². The lowest BCUT2D eigenvalue weighted by molar-refractivity contribution is 0.0473. The number of esters is 1. The second-order valence-electron chi connectivity index (χ2n) is 13.6. The maximum Gasteiger partial charge on any atom is 0.407 e. The van der Waals surface area contributed by atoms with Gasteiger partial charge in [0.25, 0.3) is 11.8 Å². The van der Waals surface area contributed by atoms with Crippen LogP contribution in [0.2, 0.25) is 0 Å². The molecule has 0 saturated carbocycles. The molecule has 13 nitrogen and oxygen atoms in total. The third-order valence-corrected chi connectivity index (χ3v) is 8.82. The highest BCUT2D eigenvalue weighted by Gasteiger charge is 2.25. The minimum atomic E-state index is -0.720. The summed E-state index contributed by atoms with van der Waals surface area (Å²) >= 11 is 0. The van der Waals surface area contributed by atoms with Crippen molar-refractivity contribution < 1.29 is 33.4 Å². The predicted molar refractivity (Wildman–Crippen MR) is 217 cm³/mol. The summed E-state index contributed by atoms with van der Waals surface area (Å²) in [5, 5.41) is 16.3. The number of ether oxygens (including phenoxy) is 3. The molecule has 6 N–H and O–H groups in total. The van der Waals surface area contributed by atoms with Gasteiger partial charge in [0.2, 0.25) is 5.88 Å². The van der Waals surface area contributed by atoms with Crippen LogP contribution in [0.4, 0.5) is 10.5 Å². The Morgan fingerprint density at radius 1 is 0.754 bits per heavy atom. The highest BCUT2D eigenvalue weighted by molar-refractivity contribution is 6.10. The molecule has 13 heteroatoms. The summed E-state index contributed by atoms with van der Waals surface area (Å²) in [6, 6.07) is 32.4. The number of amidine groups is 1. The second kappa shape index (κ2) is 20.1. The van der Waals surface area contributed by atoms with Crippen molar-refractivity contribution in [2.24, 2.45) is 11.7 Å². The molecule has 0 bridgehead atoms. The first kappa shape index (κ1) is 41.1. The van der Waals surface area contributed by atoms with Gasteiger partial charge in [0.05, 0.1) is 12.7 Å². The van der Waals surface area contributed by atoms with E-state index in [1.807, 2.05) is 74.5 Å². The number of carbonyl (C=O) groups is 4. The molecule has 0 aliphatic rings. The average Bonchev–Trinajstić information content (AvgIpc) is 3.22. The van der Waals surface area contributed by atoms with Gasteiger partial charge in [-0.05, 0) is 77.9 Å². The Morgan fingerprint density at radius 2 is 1.37 bits per heavy atom. The van der Waals surface area contributed by atoms with E-state index in [0.717, 1.165) is 11.1 Å². The molecular weight excluding hydrogens is 725 g/mol. The zero-order chi connectivity index (χ0) is 40.7. The van der Waals surface area contributed by atoms with Crippen molar-refractivity contribution in [1.82, 2.24) is 15.6 Å². The fourth-order valence-electron chi connectivity index (χ4n) is 5.97. The lowest BCUT2D eigenvalue weighted by atomic mass is 9.95. The van der Waals surface area contributed by atoms with E-state index < -0.39 is 23.9 Å². The van der Waals surface area contributed by atoms with E-state index in [9.17, 15) is 19.2 Å². The van der Waals surface area contributed by atoms with Crippen molar-refractivity contribution in [3.63, 3.8) is 0 Å². The Kier molecular flexibility index (Phi) is 14.5. The number of hydrogen-bond donors (Lipinski definition) is 5. The Hall–Kier alpha value is -7.02. The third-order valence-electron chi connectivity index (χ3n) is 8.82. The van der Waals surface area contributed by atoms with Gasteiger partial charge in [-0.2, -0.15) is 0 Å². The Bertz CT molecular complexity index is 2180. The maximum atomic E-state index is 13.9. The van der Waals surface area contributed by atoms with Crippen molar-refractivity contribution in [2.45, 2.75) is 45.9 Å². The summed E-state index contributed by atoms with van der Waals surface area (Å²) in [6.07, 6.45) is 0.501. The fourth-order valence-corrected chi connectivity index (χ4v) is 5.97. The van der Waals surface area contributed by atoms with Crippen LogP contribution in [0.5, 0.6) is 5.88 Å². The molecule has 0 aliphatic carbocycles. The van der Waals surface area contributed by atoms with Crippen LogP contribution in [-0.2, 0) is 22.7 Å². The zero-order valence-corrected chi connectivity index (χ0v) is 32.0. The molecular formula is C44H46N6O7. The number of rotatable bonds is 17. The second-order valence-corrected chi connectivity index (χ2v) is 13.6. The molecule has 57 heavy (non-hydrogen) atoms. The number of alkyl carbamates (subject to hydrolysis) is 1. The fraction of sp³-hybridized carbons (Fsp3) is 0.227. The standard InChI is InChI=1S/C44H46N6O7/c1-28(2)24-34(22-23-47-44(54)57-27-30-12-8-5-9-13-30)49-41(51)32-16-19-35(37(25-32)43(53)56-26-29-10-6-4-7-11-29)36-20-21-38(55-3)50-39(36)42(52)48-33-17-14-31(15-18-33)40(45)46/h4-21,25,28,34H,22-24,26-27H2,1-3H3,(H3,45,46)(H,47,54)(H,48,52)(H,49,51). The van der Waals surface area contributed by atoms with Crippen LogP contribution < -0.4 is 26.4 Å². The summed E-state index contributed by atoms with van der Waals surface area (Å²) in [4.78, 5) is 58.3. The number of pyridine rings is 1. The Labute approximate surface area is 331 Å². The zero-order valence-electron chi connectivity index (χ0n) is 32.0. The number of aromatic nitrogens is 1. The number of hydrogen-bond acceptors (Lipinski definition) is 9. The quantitative estimate of drug-likeness (QED) is 0.0372. The molecule has 1 unspecified atom stereocenters. The molecule has 1 aromatic heterocycles. The van der Waals surface area contributed by atoms with Crippen molar-refractivity contribution in [3.8, 4) is 17.0 Å². The topological polar surface area (TPSA) is 195 Å². The third kappa shape index (κ3) is 12.0. The summed E-state index contributed by atoms with van der Waals surface area (Å²) < 4.78 is 16.4. The number of amides is 3. The summed E-state index contributed by atoms with van der Waals surface area (Å²) in [7, 11) is 1.42. The Morgan fingerprint density at radius 3 is 1.98 bits per heavy atom. The molecule has 0 spiro atoms. The molecule has 5 aromatic rings. The molecule has 1 atom stereocenters. The highest BCUT2D eigenvalue weighted by atomic mass is 16.5. The van der Waals surface area contributed by atoms with Crippen LogP contribution in [-0.4, -0.2) is 54.4 Å². The van der Waals surface area contributed by atoms with Crippen LogP contribution in [0.1, 0.15) is 74.6 Å². The van der Waals surface area contributed by atoms with Gasteiger partial charge in [0.15, 0.2) is 0 Å². The summed E-state index contributed by atoms with van der Waals surface area (Å²) in [5.41, 5.74) is 8.88. The normalized spacial score (nSPS) is 11.2. The average molecular weight is 771 g/mol. The molecule has 0 saturated heterocycles. The number of methoxy groups -OCH3 is 1. The van der Waals surface area contributed by atoms with Crippen LogP contribution in [0.3, 0.4) is 0 Å². The summed E-state index contributed by atoms with van der Waals surface area (Å²) in [6.45, 7) is 4.44. The maximum absolute atomic E-state index is 13.9. The van der Waals surface area contributed by atoms with E-state index in [-0.39, 0.29) is 65.8 Å². The first-order valence-corrected chi connectivity index (χ1v) is 18.4. The van der Waals surface area contributed by atoms with Gasteiger partial charge in [-0.15, -0.1) is 0 Å². The number of nitrogens with zero attached hydrogens (tertiary/aromatic N) is 1. The molecule has 3 amide bonds. The van der Waals surface area contributed by atoms with Crippen LogP contribution in [0.15, 0.2) is 115 Å². The van der Waals surface area contributed by atoms with E-state index in [4.69, 9.17) is 25.4 Å². The van der Waals surface area contributed by atoms with Crippen LogP contribution >= 0.6 is 0 Å². The van der Waals surface area contributed by atoms with Crippen molar-refractivity contribution >= 4 is 35.4 Å². The number of anilines is 1. The van der Waals surface area contributed by atoms with Gasteiger partial charge in [-0.25, -0.2) is 14.6 Å². The van der Waals surface area contributed by atoms with Gasteiger partial charge in [0.1, 0.15) is 24.7 Å². The largest absolute Gasteiger partial charge is 0.481 e. The SMILES string of the molecule is COc1ccc(-c2ccc(C(=O)NC(CCNC(=O)OCc3ccccc3)CC(C)C)cc2C(=O)OCc2ccccc2)c(C(=O)Nc2ccc(C(=N)N)cc2)n1. The van der Waals surface area contributed by atoms with E-state index in [2.05, 4.69) is 20.9 Å².